The fraction of sp³-hybridized carbons (Fsp3) is 0.238. The first-order valence-electron chi connectivity index (χ1n) is 9.13. The lowest BCUT2D eigenvalue weighted by atomic mass is 10.1. The molecule has 0 aromatic heterocycles. The van der Waals surface area contributed by atoms with Gasteiger partial charge in [-0.1, -0.05) is 72.1 Å². The zero-order chi connectivity index (χ0) is 18.1. The van der Waals surface area contributed by atoms with Crippen molar-refractivity contribution in [1.29, 1.82) is 0 Å². The zero-order valence-corrected chi connectivity index (χ0v) is 16.5. The molecule has 0 radical (unpaired) electrons. The van der Waals surface area contributed by atoms with Crippen LogP contribution in [0.15, 0.2) is 75.7 Å². The number of rotatable bonds is 4. The number of fused-ring (bicyclic) bond motifs is 2. The Balaban J connectivity index is 1.16. The van der Waals surface area contributed by atoms with Crippen molar-refractivity contribution >= 4 is 39.5 Å². The molecule has 0 saturated heterocycles. The highest BCUT2D eigenvalue weighted by atomic mass is 32.2. The Morgan fingerprint density at radius 1 is 1.11 bits per heavy atom. The van der Waals surface area contributed by atoms with Crippen LogP contribution in [0.25, 0.3) is 0 Å². The van der Waals surface area contributed by atoms with Crippen molar-refractivity contribution in [3.05, 3.63) is 76.8 Å². The summed E-state index contributed by atoms with van der Waals surface area (Å²) < 4.78 is 0. The minimum absolute atomic E-state index is 0.404. The average molecular weight is 393 g/mol. The van der Waals surface area contributed by atoms with E-state index in [1.165, 1.54) is 16.8 Å². The first-order valence-corrected chi connectivity index (χ1v) is 11.0. The summed E-state index contributed by atoms with van der Waals surface area (Å²) in [5.74, 6) is 0.915. The third kappa shape index (κ3) is 3.64. The second-order valence-electron chi connectivity index (χ2n) is 6.80. The third-order valence-electron chi connectivity index (χ3n) is 4.88. The quantitative estimate of drug-likeness (QED) is 0.838. The van der Waals surface area contributed by atoms with Crippen molar-refractivity contribution in [2.45, 2.75) is 19.0 Å². The summed E-state index contributed by atoms with van der Waals surface area (Å²) in [4.78, 5) is 11.8. The summed E-state index contributed by atoms with van der Waals surface area (Å²) in [7, 11) is 0. The molecule has 3 aliphatic heterocycles. The van der Waals surface area contributed by atoms with Crippen LogP contribution in [-0.4, -0.2) is 33.6 Å². The normalized spacial score (nSPS) is 20.4. The summed E-state index contributed by atoms with van der Waals surface area (Å²) in [5, 5.41) is 7.96. The van der Waals surface area contributed by atoms with Gasteiger partial charge in [0.25, 0.3) is 0 Å². The molecule has 1 unspecified atom stereocenters. The second kappa shape index (κ2) is 7.44. The number of nitrogens with one attached hydrogen (secondary N) is 1. The van der Waals surface area contributed by atoms with Crippen LogP contribution in [0.3, 0.4) is 0 Å². The van der Waals surface area contributed by atoms with E-state index in [1.807, 2.05) is 0 Å². The molecule has 6 heteroatoms. The molecule has 0 amide bonds. The standard InChI is InChI=1S/C21H20N4S2/c1-2-6-15(7-3-1)10-17-11-22-20(23-17)26-13-18-14-27-21-24-19-9-5-4-8-16(19)12-25(18)21/h1-9,14,17H,10-13H2,(H,22,23). The Morgan fingerprint density at radius 2 is 1.96 bits per heavy atom. The summed E-state index contributed by atoms with van der Waals surface area (Å²) in [5.41, 5.74) is 5.07. The number of hydrogen-bond donors (Lipinski definition) is 1. The molecule has 136 valence electrons. The predicted octanol–water partition coefficient (Wildman–Crippen LogP) is 4.38. The van der Waals surface area contributed by atoms with E-state index in [0.717, 1.165) is 41.3 Å². The molecule has 2 aromatic carbocycles. The van der Waals surface area contributed by atoms with Crippen molar-refractivity contribution in [3.63, 3.8) is 0 Å². The minimum Gasteiger partial charge on any atom is -0.360 e. The van der Waals surface area contributed by atoms with Gasteiger partial charge in [-0.3, -0.25) is 4.99 Å². The number of nitrogens with zero attached hydrogens (tertiary/aromatic N) is 3. The van der Waals surface area contributed by atoms with E-state index in [1.54, 1.807) is 23.5 Å². The van der Waals surface area contributed by atoms with Crippen LogP contribution in [0.1, 0.15) is 11.1 Å². The monoisotopic (exact) mass is 392 g/mol. The van der Waals surface area contributed by atoms with Gasteiger partial charge in [0.15, 0.2) is 10.3 Å². The smallest absolute Gasteiger partial charge is 0.173 e. The molecule has 0 aliphatic carbocycles. The maximum atomic E-state index is 4.79. The van der Waals surface area contributed by atoms with Crippen molar-refractivity contribution in [3.8, 4) is 0 Å². The second-order valence-corrected chi connectivity index (χ2v) is 8.60. The Kier molecular flexibility index (Phi) is 4.67. The van der Waals surface area contributed by atoms with E-state index in [2.05, 4.69) is 70.2 Å². The van der Waals surface area contributed by atoms with Gasteiger partial charge < -0.3 is 10.2 Å². The van der Waals surface area contributed by atoms with E-state index < -0.39 is 0 Å². The van der Waals surface area contributed by atoms with Gasteiger partial charge >= 0.3 is 0 Å². The van der Waals surface area contributed by atoms with Gasteiger partial charge in [0.05, 0.1) is 24.8 Å². The first kappa shape index (κ1) is 17.0. The van der Waals surface area contributed by atoms with E-state index >= 15 is 0 Å². The van der Waals surface area contributed by atoms with Gasteiger partial charge in [-0.2, -0.15) is 0 Å². The predicted molar refractivity (Wildman–Crippen MR) is 117 cm³/mol. The Morgan fingerprint density at radius 3 is 2.89 bits per heavy atom. The van der Waals surface area contributed by atoms with Crippen LogP contribution in [0.5, 0.6) is 0 Å². The molecular formula is C21H20N4S2. The highest BCUT2D eigenvalue weighted by Gasteiger charge is 2.28. The molecule has 3 aliphatic rings. The van der Waals surface area contributed by atoms with Crippen molar-refractivity contribution in [2.24, 2.45) is 9.98 Å². The van der Waals surface area contributed by atoms with E-state index in [-0.39, 0.29) is 0 Å². The lowest BCUT2D eigenvalue weighted by Crippen LogP contribution is -2.31. The number of amidine groups is 2. The molecule has 0 saturated carbocycles. The van der Waals surface area contributed by atoms with Gasteiger partial charge in [0, 0.05) is 11.4 Å². The first-order chi connectivity index (χ1) is 13.3. The molecule has 0 fully saturated rings. The highest BCUT2D eigenvalue weighted by molar-refractivity contribution is 8.17. The number of aliphatic imine (C=N–C) groups is 2. The van der Waals surface area contributed by atoms with Crippen LogP contribution in [0.2, 0.25) is 0 Å². The van der Waals surface area contributed by atoms with Crippen molar-refractivity contribution in [2.75, 3.05) is 12.3 Å². The van der Waals surface area contributed by atoms with Gasteiger partial charge in [-0.25, -0.2) is 4.99 Å². The summed E-state index contributed by atoms with van der Waals surface area (Å²) in [6.45, 7) is 1.76. The topological polar surface area (TPSA) is 40.0 Å². The van der Waals surface area contributed by atoms with Gasteiger partial charge in [-0.05, 0) is 29.0 Å². The molecule has 3 heterocycles. The van der Waals surface area contributed by atoms with Crippen LogP contribution < -0.4 is 5.32 Å². The zero-order valence-electron chi connectivity index (χ0n) is 14.8. The van der Waals surface area contributed by atoms with Crippen LogP contribution in [0, 0.1) is 0 Å². The minimum atomic E-state index is 0.404. The summed E-state index contributed by atoms with van der Waals surface area (Å²) in [6, 6.07) is 19.4. The number of thioether (sulfide) groups is 2. The lowest BCUT2D eigenvalue weighted by Gasteiger charge is -2.26. The average Bonchev–Trinajstić information content (AvgIpc) is 3.32. The van der Waals surface area contributed by atoms with Crippen LogP contribution >= 0.6 is 23.5 Å². The Labute approximate surface area is 167 Å². The fourth-order valence-electron chi connectivity index (χ4n) is 3.47. The molecule has 4 nitrogen and oxygen atoms in total. The van der Waals surface area contributed by atoms with Gasteiger partial charge in [0.2, 0.25) is 0 Å². The van der Waals surface area contributed by atoms with Gasteiger partial charge in [0.1, 0.15) is 0 Å². The molecule has 0 bridgehead atoms. The molecule has 1 atom stereocenters. The number of benzene rings is 2. The summed E-state index contributed by atoms with van der Waals surface area (Å²) in [6.07, 6.45) is 1.02. The molecule has 27 heavy (non-hydrogen) atoms. The largest absolute Gasteiger partial charge is 0.360 e. The van der Waals surface area contributed by atoms with Gasteiger partial charge in [-0.15, -0.1) is 0 Å². The number of para-hydroxylation sites is 1. The van der Waals surface area contributed by atoms with Crippen LogP contribution in [-0.2, 0) is 13.0 Å². The number of hydrogen-bond acceptors (Lipinski definition) is 6. The maximum absolute atomic E-state index is 4.79. The van der Waals surface area contributed by atoms with Crippen molar-refractivity contribution < 1.29 is 0 Å². The molecule has 5 rings (SSSR count). The van der Waals surface area contributed by atoms with E-state index in [4.69, 9.17) is 9.98 Å². The van der Waals surface area contributed by atoms with Crippen LogP contribution in [0.4, 0.5) is 5.69 Å². The maximum Gasteiger partial charge on any atom is 0.173 e. The van der Waals surface area contributed by atoms with E-state index in [0.29, 0.717) is 6.04 Å². The third-order valence-corrected chi connectivity index (χ3v) is 6.75. The van der Waals surface area contributed by atoms with Crippen molar-refractivity contribution in [1.82, 2.24) is 10.2 Å². The summed E-state index contributed by atoms with van der Waals surface area (Å²) >= 11 is 3.52. The highest BCUT2D eigenvalue weighted by Crippen LogP contribution is 2.37. The molecular weight excluding hydrogens is 372 g/mol. The Bertz CT molecular complexity index is 936. The Hall–Kier alpha value is -2.18. The lowest BCUT2D eigenvalue weighted by molar-refractivity contribution is 0.519. The molecule has 0 spiro atoms. The SMILES string of the molecule is C1=C(CSC2=NCC(Cc3ccccc3)N2)N2Cc3ccccc3N=C2S1. The van der Waals surface area contributed by atoms with E-state index in [9.17, 15) is 0 Å². The molecule has 2 aromatic rings. The molecule has 1 N–H and O–H groups in total. The fourth-order valence-corrected chi connectivity index (χ4v) is 5.43.